The zero-order chi connectivity index (χ0) is 17.4. The summed E-state index contributed by atoms with van der Waals surface area (Å²) < 4.78 is 0.990. The summed E-state index contributed by atoms with van der Waals surface area (Å²) in [5.41, 5.74) is 3.63. The number of hydrogen-bond donors (Lipinski definition) is 1. The third-order valence-electron chi connectivity index (χ3n) is 4.05. The van der Waals surface area contributed by atoms with Crippen molar-refractivity contribution in [3.63, 3.8) is 0 Å². The first-order chi connectivity index (χ1) is 11.4. The Kier molecular flexibility index (Phi) is 4.02. The summed E-state index contributed by atoms with van der Waals surface area (Å²) in [5.74, 6) is -0.398. The van der Waals surface area contributed by atoms with E-state index in [0.29, 0.717) is 10.7 Å². The second kappa shape index (κ2) is 6.01. The Labute approximate surface area is 142 Å². The van der Waals surface area contributed by atoms with Gasteiger partial charge in [-0.2, -0.15) is 0 Å². The number of nitro benzene ring substituents is 1. The molecule has 1 aromatic heterocycles. The number of thiazole rings is 1. The predicted molar refractivity (Wildman–Crippen MR) is 94.9 cm³/mol. The molecule has 1 heterocycles. The average Bonchev–Trinajstić information content (AvgIpc) is 2.94. The molecule has 2 aromatic carbocycles. The zero-order valence-electron chi connectivity index (χ0n) is 13.4. The quantitative estimate of drug-likeness (QED) is 0.566. The SMILES string of the molecule is Cc1ccc2sc(NC(=O)c3cccc([N+](=O)[O-])c3C)nc2c1C. The van der Waals surface area contributed by atoms with Gasteiger partial charge in [0.2, 0.25) is 0 Å². The molecule has 3 aromatic rings. The van der Waals surface area contributed by atoms with Crippen LogP contribution in [0.2, 0.25) is 0 Å². The van der Waals surface area contributed by atoms with E-state index in [-0.39, 0.29) is 11.3 Å². The first-order valence-corrected chi connectivity index (χ1v) is 8.12. The summed E-state index contributed by atoms with van der Waals surface area (Å²) in [4.78, 5) is 27.5. The van der Waals surface area contributed by atoms with Crippen LogP contribution in [-0.2, 0) is 0 Å². The van der Waals surface area contributed by atoms with Gasteiger partial charge in [-0.05, 0) is 44.0 Å². The lowest BCUT2D eigenvalue weighted by molar-refractivity contribution is -0.385. The maximum absolute atomic E-state index is 12.5. The number of fused-ring (bicyclic) bond motifs is 1. The lowest BCUT2D eigenvalue weighted by atomic mass is 10.1. The maximum Gasteiger partial charge on any atom is 0.273 e. The molecular weight excluding hydrogens is 326 g/mol. The third kappa shape index (κ3) is 2.74. The van der Waals surface area contributed by atoms with Gasteiger partial charge in [-0.3, -0.25) is 20.2 Å². The number of nitrogens with zero attached hydrogens (tertiary/aromatic N) is 2. The van der Waals surface area contributed by atoms with Crippen molar-refractivity contribution >= 4 is 38.3 Å². The van der Waals surface area contributed by atoms with E-state index in [2.05, 4.69) is 10.3 Å². The molecule has 0 bridgehead atoms. The normalized spacial score (nSPS) is 10.8. The fraction of sp³-hybridized carbons (Fsp3) is 0.176. The highest BCUT2D eigenvalue weighted by atomic mass is 32.1. The summed E-state index contributed by atoms with van der Waals surface area (Å²) in [6, 6.07) is 8.46. The molecule has 3 rings (SSSR count). The minimum Gasteiger partial charge on any atom is -0.298 e. The fourth-order valence-electron chi connectivity index (χ4n) is 2.51. The van der Waals surface area contributed by atoms with Crippen LogP contribution in [0.5, 0.6) is 0 Å². The molecule has 1 amide bonds. The van der Waals surface area contributed by atoms with Crippen molar-refractivity contribution in [3.8, 4) is 0 Å². The number of aryl methyl sites for hydroxylation is 2. The molecule has 0 saturated carbocycles. The van der Waals surface area contributed by atoms with Crippen LogP contribution in [0.15, 0.2) is 30.3 Å². The van der Waals surface area contributed by atoms with Crippen LogP contribution >= 0.6 is 11.3 Å². The van der Waals surface area contributed by atoms with Crippen LogP contribution in [0.3, 0.4) is 0 Å². The molecule has 1 N–H and O–H groups in total. The van der Waals surface area contributed by atoms with E-state index < -0.39 is 10.8 Å². The smallest absolute Gasteiger partial charge is 0.273 e. The van der Waals surface area contributed by atoms with Gasteiger partial charge >= 0.3 is 0 Å². The van der Waals surface area contributed by atoms with Gasteiger partial charge in [0.15, 0.2) is 5.13 Å². The largest absolute Gasteiger partial charge is 0.298 e. The van der Waals surface area contributed by atoms with Crippen molar-refractivity contribution < 1.29 is 9.72 Å². The number of benzene rings is 2. The Bertz CT molecular complexity index is 979. The van der Waals surface area contributed by atoms with Gasteiger partial charge in [0.05, 0.1) is 15.1 Å². The van der Waals surface area contributed by atoms with Crippen molar-refractivity contribution in [1.82, 2.24) is 4.98 Å². The number of aromatic nitrogens is 1. The number of amides is 1. The molecule has 0 aliphatic rings. The second-order valence-corrected chi connectivity index (χ2v) is 6.56. The minimum atomic E-state index is -0.490. The molecule has 0 spiro atoms. The lowest BCUT2D eigenvalue weighted by Crippen LogP contribution is -2.13. The van der Waals surface area contributed by atoms with Gasteiger partial charge < -0.3 is 0 Å². The standard InChI is InChI=1S/C17H15N3O3S/c1-9-7-8-14-15(10(9)2)18-17(24-14)19-16(21)12-5-4-6-13(11(12)3)20(22)23/h4-8H,1-3H3,(H,18,19,21). The van der Waals surface area contributed by atoms with Gasteiger partial charge in [0.25, 0.3) is 11.6 Å². The van der Waals surface area contributed by atoms with Crippen LogP contribution in [0.25, 0.3) is 10.2 Å². The van der Waals surface area contributed by atoms with Crippen molar-refractivity contribution in [2.45, 2.75) is 20.8 Å². The molecule has 0 fully saturated rings. The minimum absolute atomic E-state index is 0.0709. The Morgan fingerprint density at radius 1 is 1.17 bits per heavy atom. The van der Waals surface area contributed by atoms with Crippen molar-refractivity contribution in [2.24, 2.45) is 0 Å². The lowest BCUT2D eigenvalue weighted by Gasteiger charge is -2.05. The molecule has 0 aliphatic carbocycles. The first-order valence-electron chi connectivity index (χ1n) is 7.30. The number of hydrogen-bond acceptors (Lipinski definition) is 5. The van der Waals surface area contributed by atoms with Crippen molar-refractivity contribution in [3.05, 3.63) is 62.7 Å². The summed E-state index contributed by atoms with van der Waals surface area (Å²) in [6.07, 6.45) is 0. The molecule has 0 saturated heterocycles. The van der Waals surface area contributed by atoms with Gasteiger partial charge in [-0.15, -0.1) is 0 Å². The highest BCUT2D eigenvalue weighted by Crippen LogP contribution is 2.30. The van der Waals surface area contributed by atoms with E-state index in [1.165, 1.54) is 23.5 Å². The molecule has 6 nitrogen and oxygen atoms in total. The van der Waals surface area contributed by atoms with Gasteiger partial charge in [0, 0.05) is 17.2 Å². The molecule has 122 valence electrons. The number of anilines is 1. The summed E-state index contributed by atoms with van der Waals surface area (Å²) in [6.45, 7) is 5.57. The summed E-state index contributed by atoms with van der Waals surface area (Å²) in [7, 11) is 0. The van der Waals surface area contributed by atoms with Crippen LogP contribution in [0.4, 0.5) is 10.8 Å². The topological polar surface area (TPSA) is 85.1 Å². The number of rotatable bonds is 3. The third-order valence-corrected chi connectivity index (χ3v) is 4.99. The number of carbonyl (C=O) groups excluding carboxylic acids is 1. The number of nitrogens with one attached hydrogen (secondary N) is 1. The Hall–Kier alpha value is -2.80. The maximum atomic E-state index is 12.5. The number of nitro groups is 1. The van der Waals surface area contributed by atoms with E-state index in [1.54, 1.807) is 13.0 Å². The summed E-state index contributed by atoms with van der Waals surface area (Å²) in [5, 5.41) is 14.2. The molecule has 0 unspecified atom stereocenters. The van der Waals surface area contributed by atoms with Crippen LogP contribution in [0.1, 0.15) is 27.0 Å². The van der Waals surface area contributed by atoms with Crippen molar-refractivity contribution in [2.75, 3.05) is 5.32 Å². The molecule has 7 heteroatoms. The van der Waals surface area contributed by atoms with Gasteiger partial charge in [-0.1, -0.05) is 23.5 Å². The first kappa shape index (κ1) is 16.1. The van der Waals surface area contributed by atoms with E-state index in [9.17, 15) is 14.9 Å². The Morgan fingerprint density at radius 3 is 2.62 bits per heavy atom. The highest BCUT2D eigenvalue weighted by Gasteiger charge is 2.19. The Balaban J connectivity index is 1.95. The Morgan fingerprint density at radius 2 is 1.92 bits per heavy atom. The van der Waals surface area contributed by atoms with Crippen molar-refractivity contribution in [1.29, 1.82) is 0 Å². The highest BCUT2D eigenvalue weighted by molar-refractivity contribution is 7.22. The zero-order valence-corrected chi connectivity index (χ0v) is 14.2. The molecular formula is C17H15N3O3S. The van der Waals surface area contributed by atoms with Crippen LogP contribution in [-0.4, -0.2) is 15.8 Å². The van der Waals surface area contributed by atoms with Gasteiger partial charge in [0.1, 0.15) is 0 Å². The molecule has 0 radical (unpaired) electrons. The van der Waals surface area contributed by atoms with E-state index in [4.69, 9.17) is 0 Å². The van der Waals surface area contributed by atoms with Gasteiger partial charge in [-0.25, -0.2) is 4.98 Å². The molecule has 0 atom stereocenters. The van der Waals surface area contributed by atoms with Crippen LogP contribution < -0.4 is 5.32 Å². The van der Waals surface area contributed by atoms with E-state index in [0.717, 1.165) is 21.3 Å². The fourth-order valence-corrected chi connectivity index (χ4v) is 3.43. The predicted octanol–water partition coefficient (Wildman–Crippen LogP) is 4.38. The van der Waals surface area contributed by atoms with E-state index in [1.807, 2.05) is 26.0 Å². The number of carbonyl (C=O) groups is 1. The monoisotopic (exact) mass is 341 g/mol. The average molecular weight is 341 g/mol. The molecule has 0 aliphatic heterocycles. The molecule has 24 heavy (non-hydrogen) atoms. The second-order valence-electron chi connectivity index (χ2n) is 5.53. The van der Waals surface area contributed by atoms with E-state index >= 15 is 0 Å². The summed E-state index contributed by atoms with van der Waals surface area (Å²) >= 11 is 1.38. The van der Waals surface area contributed by atoms with Crippen LogP contribution in [0, 0.1) is 30.9 Å².